The lowest BCUT2D eigenvalue weighted by molar-refractivity contribution is -0.118. The van der Waals surface area contributed by atoms with Crippen LogP contribution >= 0.6 is 24.0 Å². The molecule has 31 heavy (non-hydrogen) atoms. The number of rotatable bonds is 7. The van der Waals surface area contributed by atoms with Crippen LogP contribution in [0.25, 0.3) is 0 Å². The SMILES string of the molecule is CN=C(NCc1ccc(NC(=O)C(C)C)cc1)NCC(C)(C)NC(=O)OC(C)(C)C.I. The van der Waals surface area contributed by atoms with Crippen LogP contribution in [0.2, 0.25) is 0 Å². The first kappa shape index (κ1) is 29.0. The van der Waals surface area contributed by atoms with E-state index in [0.29, 0.717) is 19.0 Å². The third-order valence-electron chi connectivity index (χ3n) is 3.97. The van der Waals surface area contributed by atoms with Gasteiger partial charge >= 0.3 is 6.09 Å². The van der Waals surface area contributed by atoms with Gasteiger partial charge in [0.1, 0.15) is 5.60 Å². The Balaban J connectivity index is 0.00000900. The first-order chi connectivity index (χ1) is 13.8. The average Bonchev–Trinajstić information content (AvgIpc) is 2.60. The van der Waals surface area contributed by atoms with Crippen molar-refractivity contribution in [1.82, 2.24) is 16.0 Å². The van der Waals surface area contributed by atoms with Crippen LogP contribution in [0, 0.1) is 5.92 Å². The Bertz CT molecular complexity index is 741. The van der Waals surface area contributed by atoms with Gasteiger partial charge in [0.05, 0.1) is 5.54 Å². The Morgan fingerprint density at radius 2 is 1.61 bits per heavy atom. The molecule has 0 aliphatic heterocycles. The van der Waals surface area contributed by atoms with E-state index in [9.17, 15) is 9.59 Å². The number of ether oxygens (including phenoxy) is 1. The summed E-state index contributed by atoms with van der Waals surface area (Å²) in [7, 11) is 1.69. The molecule has 9 heteroatoms. The number of amides is 2. The zero-order valence-corrected chi connectivity index (χ0v) is 22.2. The zero-order valence-electron chi connectivity index (χ0n) is 19.9. The van der Waals surface area contributed by atoms with Crippen LogP contribution in [0.4, 0.5) is 10.5 Å². The van der Waals surface area contributed by atoms with Crippen molar-refractivity contribution in [3.63, 3.8) is 0 Å². The second kappa shape index (κ2) is 12.7. The monoisotopic (exact) mass is 547 g/mol. The van der Waals surface area contributed by atoms with Gasteiger partial charge in [-0.25, -0.2) is 4.79 Å². The highest BCUT2D eigenvalue weighted by atomic mass is 127. The molecule has 0 heterocycles. The normalized spacial score (nSPS) is 12.0. The van der Waals surface area contributed by atoms with Gasteiger partial charge in [-0.15, -0.1) is 24.0 Å². The molecule has 8 nitrogen and oxygen atoms in total. The van der Waals surface area contributed by atoms with Gasteiger partial charge in [0.25, 0.3) is 0 Å². The summed E-state index contributed by atoms with van der Waals surface area (Å²) in [6.07, 6.45) is -0.457. The Labute approximate surface area is 203 Å². The fraction of sp³-hybridized carbons (Fsp3) is 0.591. The van der Waals surface area contributed by atoms with Gasteiger partial charge in [0.15, 0.2) is 5.96 Å². The molecule has 0 aliphatic carbocycles. The maximum absolute atomic E-state index is 12.0. The number of hydrogen-bond acceptors (Lipinski definition) is 4. The number of aliphatic imine (C=N–C) groups is 1. The van der Waals surface area contributed by atoms with Gasteiger partial charge in [0, 0.05) is 31.7 Å². The summed E-state index contributed by atoms with van der Waals surface area (Å²) < 4.78 is 5.31. The molecule has 1 rings (SSSR count). The van der Waals surface area contributed by atoms with Gasteiger partial charge in [-0.2, -0.15) is 0 Å². The molecule has 0 fully saturated rings. The molecule has 0 unspecified atom stereocenters. The van der Waals surface area contributed by atoms with Gasteiger partial charge in [-0.1, -0.05) is 26.0 Å². The van der Waals surface area contributed by atoms with Gasteiger partial charge < -0.3 is 26.0 Å². The molecule has 0 bridgehead atoms. The number of carbonyl (C=O) groups is 2. The van der Waals surface area contributed by atoms with Crippen LogP contribution in [0.1, 0.15) is 54.0 Å². The number of halogens is 1. The highest BCUT2D eigenvalue weighted by molar-refractivity contribution is 14.0. The maximum atomic E-state index is 12.0. The van der Waals surface area contributed by atoms with E-state index in [1.807, 2.05) is 72.7 Å². The van der Waals surface area contributed by atoms with Gasteiger partial charge in [-0.05, 0) is 52.3 Å². The summed E-state index contributed by atoms with van der Waals surface area (Å²) in [5.74, 6) is 0.550. The van der Waals surface area contributed by atoms with Crippen LogP contribution in [0.3, 0.4) is 0 Å². The highest BCUT2D eigenvalue weighted by Gasteiger charge is 2.24. The van der Waals surface area contributed by atoms with E-state index in [4.69, 9.17) is 4.74 Å². The number of guanidine groups is 1. The summed E-state index contributed by atoms with van der Waals surface area (Å²) in [5, 5.41) is 12.2. The van der Waals surface area contributed by atoms with Crippen molar-refractivity contribution in [1.29, 1.82) is 0 Å². The first-order valence-corrected chi connectivity index (χ1v) is 10.2. The Hall–Kier alpha value is -2.04. The van der Waals surface area contributed by atoms with Crippen molar-refractivity contribution in [2.45, 2.75) is 66.2 Å². The van der Waals surface area contributed by atoms with Crippen molar-refractivity contribution in [3.05, 3.63) is 29.8 Å². The molecule has 0 saturated carbocycles. The summed E-state index contributed by atoms with van der Waals surface area (Å²) in [6, 6.07) is 7.65. The minimum atomic E-state index is -0.543. The van der Waals surface area contributed by atoms with Gasteiger partial charge in [0.2, 0.25) is 5.91 Å². The molecule has 1 aromatic rings. The zero-order chi connectivity index (χ0) is 22.9. The first-order valence-electron chi connectivity index (χ1n) is 10.2. The lowest BCUT2D eigenvalue weighted by Crippen LogP contribution is -2.54. The van der Waals surface area contributed by atoms with E-state index in [1.165, 1.54) is 0 Å². The second-order valence-corrected chi connectivity index (χ2v) is 9.13. The van der Waals surface area contributed by atoms with Crippen molar-refractivity contribution in [2.24, 2.45) is 10.9 Å². The number of nitrogens with zero attached hydrogens (tertiary/aromatic N) is 1. The number of benzene rings is 1. The van der Waals surface area contributed by atoms with E-state index >= 15 is 0 Å². The number of nitrogens with one attached hydrogen (secondary N) is 4. The fourth-order valence-electron chi connectivity index (χ4n) is 2.33. The third-order valence-corrected chi connectivity index (χ3v) is 3.97. The smallest absolute Gasteiger partial charge is 0.408 e. The number of hydrogen-bond donors (Lipinski definition) is 4. The lowest BCUT2D eigenvalue weighted by Gasteiger charge is -2.29. The molecule has 1 aromatic carbocycles. The summed E-state index contributed by atoms with van der Waals surface area (Å²) in [5.41, 5.74) is 0.746. The fourth-order valence-corrected chi connectivity index (χ4v) is 2.33. The van der Waals surface area contributed by atoms with Crippen LogP contribution in [-0.4, -0.2) is 42.7 Å². The average molecular weight is 547 g/mol. The Kier molecular flexibility index (Phi) is 11.9. The molecule has 176 valence electrons. The number of alkyl carbamates (subject to hydrolysis) is 1. The summed E-state index contributed by atoms with van der Waals surface area (Å²) in [4.78, 5) is 28.0. The standard InChI is InChI=1S/C22H37N5O3.HI/c1-15(2)18(28)26-17-11-9-16(10-12-17)13-24-19(23-8)25-14-22(6,7)27-20(29)30-21(3,4)5;/h9-12,15H,13-14H2,1-8H3,(H,26,28)(H,27,29)(H2,23,24,25);1H. The molecule has 4 N–H and O–H groups in total. The third kappa shape index (κ3) is 12.4. The molecule has 2 amide bonds. The highest BCUT2D eigenvalue weighted by Crippen LogP contribution is 2.11. The van der Waals surface area contributed by atoms with Gasteiger partial charge in [-0.3, -0.25) is 9.79 Å². The predicted molar refractivity (Wildman–Crippen MR) is 137 cm³/mol. The summed E-state index contributed by atoms with van der Waals surface area (Å²) in [6.45, 7) is 14.0. The molecule has 0 radical (unpaired) electrons. The lowest BCUT2D eigenvalue weighted by atomic mass is 10.1. The maximum Gasteiger partial charge on any atom is 0.408 e. The molecule has 0 aliphatic rings. The molecular formula is C22H38IN5O3. The van der Waals surface area contributed by atoms with Crippen LogP contribution < -0.4 is 21.3 Å². The van der Waals surface area contributed by atoms with Crippen LogP contribution in [0.5, 0.6) is 0 Å². The summed E-state index contributed by atoms with van der Waals surface area (Å²) >= 11 is 0. The van der Waals surface area contributed by atoms with Crippen molar-refractivity contribution in [3.8, 4) is 0 Å². The van der Waals surface area contributed by atoms with E-state index in [2.05, 4.69) is 26.3 Å². The van der Waals surface area contributed by atoms with Crippen molar-refractivity contribution in [2.75, 3.05) is 18.9 Å². The quantitative estimate of drug-likeness (QED) is 0.236. The van der Waals surface area contributed by atoms with Crippen molar-refractivity contribution >= 4 is 47.6 Å². The Morgan fingerprint density at radius 3 is 2.10 bits per heavy atom. The second-order valence-electron chi connectivity index (χ2n) is 9.13. The number of carbonyl (C=O) groups excluding carboxylic acids is 2. The molecule has 0 aromatic heterocycles. The molecule has 0 spiro atoms. The largest absolute Gasteiger partial charge is 0.444 e. The Morgan fingerprint density at radius 1 is 1.03 bits per heavy atom. The topological polar surface area (TPSA) is 104 Å². The minimum absolute atomic E-state index is 0. The van der Waals surface area contributed by atoms with E-state index in [1.54, 1.807) is 7.05 Å². The van der Waals surface area contributed by atoms with Crippen LogP contribution in [-0.2, 0) is 16.1 Å². The van der Waals surface area contributed by atoms with E-state index < -0.39 is 17.2 Å². The molecular weight excluding hydrogens is 509 g/mol. The predicted octanol–water partition coefficient (Wildman–Crippen LogP) is 3.87. The van der Waals surface area contributed by atoms with E-state index in [-0.39, 0.29) is 35.8 Å². The molecule has 0 atom stereocenters. The van der Waals surface area contributed by atoms with Crippen molar-refractivity contribution < 1.29 is 14.3 Å². The van der Waals surface area contributed by atoms with Crippen LogP contribution in [0.15, 0.2) is 29.3 Å². The van der Waals surface area contributed by atoms with E-state index in [0.717, 1.165) is 11.3 Å². The molecule has 0 saturated heterocycles. The number of anilines is 1. The minimum Gasteiger partial charge on any atom is -0.444 e.